The number of nitrogens with zero attached hydrogens (tertiary/aromatic N) is 1. The van der Waals surface area contributed by atoms with Crippen LogP contribution in [-0.2, 0) is 9.84 Å². The number of nitrogens with two attached hydrogens (primary N) is 1. The van der Waals surface area contributed by atoms with E-state index in [1.807, 2.05) is 6.07 Å². The fraction of sp³-hybridized carbons (Fsp3) is 0.538. The second-order valence-electron chi connectivity index (χ2n) is 5.19. The van der Waals surface area contributed by atoms with E-state index in [1.54, 1.807) is 12.1 Å². The summed E-state index contributed by atoms with van der Waals surface area (Å²) in [4.78, 5) is 2.53. The molecule has 1 saturated heterocycles. The van der Waals surface area contributed by atoms with Gasteiger partial charge in [0, 0.05) is 19.3 Å². The van der Waals surface area contributed by atoms with Crippen molar-refractivity contribution >= 4 is 21.2 Å². The molecule has 0 amide bonds. The lowest BCUT2D eigenvalue weighted by Crippen LogP contribution is -2.34. The number of hydrogen-bond acceptors (Lipinski definition) is 4. The molecule has 5 heteroatoms. The van der Waals surface area contributed by atoms with Gasteiger partial charge in [0.2, 0.25) is 0 Å². The number of sulfone groups is 1. The van der Waals surface area contributed by atoms with Crippen molar-refractivity contribution in [3.8, 4) is 0 Å². The van der Waals surface area contributed by atoms with E-state index in [-0.39, 0.29) is 4.90 Å². The van der Waals surface area contributed by atoms with Gasteiger partial charge in [-0.1, -0.05) is 6.92 Å². The van der Waals surface area contributed by atoms with Gasteiger partial charge in [-0.2, -0.15) is 0 Å². The molecule has 1 aliphatic rings. The Bertz CT molecular complexity index is 540. The zero-order chi connectivity index (χ0) is 13.3. The molecule has 1 aromatic carbocycles. The second-order valence-corrected chi connectivity index (χ2v) is 7.20. The van der Waals surface area contributed by atoms with Crippen LogP contribution < -0.4 is 10.6 Å². The van der Waals surface area contributed by atoms with Crippen LogP contribution in [-0.4, -0.2) is 27.8 Å². The van der Waals surface area contributed by atoms with Crippen molar-refractivity contribution < 1.29 is 8.42 Å². The number of piperidine rings is 1. The minimum Gasteiger partial charge on any atom is -0.397 e. The highest BCUT2D eigenvalue weighted by Crippen LogP contribution is 2.29. The summed E-state index contributed by atoms with van der Waals surface area (Å²) in [6, 6.07) is 5.02. The molecule has 2 rings (SSSR count). The van der Waals surface area contributed by atoms with Gasteiger partial charge in [-0.05, 0) is 37.0 Å². The lowest BCUT2D eigenvalue weighted by molar-refractivity contribution is 0.447. The molecule has 1 aliphatic heterocycles. The first-order valence-corrected chi connectivity index (χ1v) is 8.11. The molecule has 18 heavy (non-hydrogen) atoms. The van der Waals surface area contributed by atoms with Crippen LogP contribution in [0.1, 0.15) is 19.8 Å². The zero-order valence-electron chi connectivity index (χ0n) is 10.9. The molecule has 0 saturated carbocycles. The summed E-state index contributed by atoms with van der Waals surface area (Å²) >= 11 is 0. The third-order valence-electron chi connectivity index (χ3n) is 3.42. The van der Waals surface area contributed by atoms with E-state index >= 15 is 0 Å². The SMILES string of the molecule is CC1CCCN(c2ccc(S(C)(=O)=O)cc2N)C1. The monoisotopic (exact) mass is 268 g/mol. The Morgan fingerprint density at radius 1 is 1.39 bits per heavy atom. The van der Waals surface area contributed by atoms with Crippen molar-refractivity contribution in [2.75, 3.05) is 30.0 Å². The maximum atomic E-state index is 11.5. The Kier molecular flexibility index (Phi) is 3.52. The largest absolute Gasteiger partial charge is 0.397 e. The Balaban J connectivity index is 2.30. The number of nitrogen functional groups attached to an aromatic ring is 1. The molecule has 1 aromatic rings. The van der Waals surface area contributed by atoms with Crippen LogP contribution in [0.3, 0.4) is 0 Å². The minimum atomic E-state index is -3.18. The number of hydrogen-bond donors (Lipinski definition) is 1. The van der Waals surface area contributed by atoms with Crippen LogP contribution in [0.2, 0.25) is 0 Å². The highest BCUT2D eigenvalue weighted by atomic mass is 32.2. The molecule has 4 nitrogen and oxygen atoms in total. The molecule has 100 valence electrons. The first kappa shape index (κ1) is 13.2. The summed E-state index contributed by atoms with van der Waals surface area (Å²) in [5.74, 6) is 0.660. The van der Waals surface area contributed by atoms with Crippen molar-refractivity contribution in [2.45, 2.75) is 24.7 Å². The van der Waals surface area contributed by atoms with Crippen molar-refractivity contribution in [3.05, 3.63) is 18.2 Å². The topological polar surface area (TPSA) is 63.4 Å². The maximum absolute atomic E-state index is 11.5. The maximum Gasteiger partial charge on any atom is 0.175 e. The summed E-state index contributed by atoms with van der Waals surface area (Å²) in [6.45, 7) is 4.21. The normalized spacial score (nSPS) is 21.0. The van der Waals surface area contributed by atoms with Crippen LogP contribution in [0, 0.1) is 5.92 Å². The van der Waals surface area contributed by atoms with Gasteiger partial charge in [0.1, 0.15) is 0 Å². The van der Waals surface area contributed by atoms with E-state index in [9.17, 15) is 8.42 Å². The summed E-state index contributed by atoms with van der Waals surface area (Å²) in [5, 5.41) is 0. The standard InChI is InChI=1S/C13H20N2O2S/c1-10-4-3-7-15(9-10)13-6-5-11(8-12(13)14)18(2,16)17/h5-6,8,10H,3-4,7,9,14H2,1-2H3. The number of benzene rings is 1. The van der Waals surface area contributed by atoms with E-state index < -0.39 is 9.84 Å². The Labute approximate surface area is 109 Å². The lowest BCUT2D eigenvalue weighted by Gasteiger charge is -2.33. The Hall–Kier alpha value is -1.23. The molecular weight excluding hydrogens is 248 g/mol. The van der Waals surface area contributed by atoms with Crippen LogP contribution in [0.25, 0.3) is 0 Å². The molecule has 0 spiro atoms. The molecule has 0 aliphatic carbocycles. The van der Waals surface area contributed by atoms with Gasteiger partial charge in [0.15, 0.2) is 9.84 Å². The predicted molar refractivity (Wildman–Crippen MR) is 74.6 cm³/mol. The first-order valence-electron chi connectivity index (χ1n) is 6.22. The molecule has 1 heterocycles. The minimum absolute atomic E-state index is 0.286. The molecule has 2 N–H and O–H groups in total. The first-order chi connectivity index (χ1) is 8.38. The van der Waals surface area contributed by atoms with Crippen LogP contribution in [0.5, 0.6) is 0 Å². The van der Waals surface area contributed by atoms with Gasteiger partial charge < -0.3 is 10.6 Å². The smallest absolute Gasteiger partial charge is 0.175 e. The molecule has 1 atom stereocenters. The van der Waals surface area contributed by atoms with Crippen LogP contribution >= 0.6 is 0 Å². The van der Waals surface area contributed by atoms with E-state index in [4.69, 9.17) is 5.73 Å². The average Bonchev–Trinajstić information content (AvgIpc) is 2.27. The van der Waals surface area contributed by atoms with E-state index in [0.29, 0.717) is 11.6 Å². The summed E-state index contributed by atoms with van der Waals surface area (Å²) in [5.41, 5.74) is 7.49. The molecule has 0 aromatic heterocycles. The highest BCUT2D eigenvalue weighted by molar-refractivity contribution is 7.90. The quantitative estimate of drug-likeness (QED) is 0.832. The van der Waals surface area contributed by atoms with Crippen molar-refractivity contribution in [1.82, 2.24) is 0 Å². The second kappa shape index (κ2) is 4.80. The van der Waals surface area contributed by atoms with Crippen molar-refractivity contribution in [2.24, 2.45) is 5.92 Å². The molecule has 1 fully saturated rings. The molecule has 0 bridgehead atoms. The zero-order valence-corrected chi connectivity index (χ0v) is 11.7. The van der Waals surface area contributed by atoms with E-state index in [1.165, 1.54) is 12.7 Å². The Morgan fingerprint density at radius 2 is 2.11 bits per heavy atom. The molecular formula is C13H20N2O2S. The fourth-order valence-electron chi connectivity index (χ4n) is 2.46. The van der Waals surface area contributed by atoms with Gasteiger partial charge in [0.05, 0.1) is 16.3 Å². The van der Waals surface area contributed by atoms with Gasteiger partial charge in [-0.3, -0.25) is 0 Å². The molecule has 0 radical (unpaired) electrons. The third-order valence-corrected chi connectivity index (χ3v) is 4.54. The number of anilines is 2. The molecule has 1 unspecified atom stereocenters. The highest BCUT2D eigenvalue weighted by Gasteiger charge is 2.19. The average molecular weight is 268 g/mol. The Morgan fingerprint density at radius 3 is 2.67 bits per heavy atom. The van der Waals surface area contributed by atoms with Gasteiger partial charge >= 0.3 is 0 Å². The van der Waals surface area contributed by atoms with Crippen molar-refractivity contribution in [1.29, 1.82) is 0 Å². The van der Waals surface area contributed by atoms with E-state index in [0.717, 1.165) is 25.2 Å². The summed E-state index contributed by atoms with van der Waals surface area (Å²) < 4.78 is 22.9. The lowest BCUT2D eigenvalue weighted by atomic mass is 9.99. The summed E-state index contributed by atoms with van der Waals surface area (Å²) in [6.07, 6.45) is 3.61. The third kappa shape index (κ3) is 2.77. The van der Waals surface area contributed by atoms with Crippen LogP contribution in [0.15, 0.2) is 23.1 Å². The van der Waals surface area contributed by atoms with Crippen molar-refractivity contribution in [3.63, 3.8) is 0 Å². The van der Waals surface area contributed by atoms with E-state index in [2.05, 4.69) is 11.8 Å². The fourth-order valence-corrected chi connectivity index (χ4v) is 3.12. The van der Waals surface area contributed by atoms with Gasteiger partial charge in [0.25, 0.3) is 0 Å². The van der Waals surface area contributed by atoms with Gasteiger partial charge in [-0.15, -0.1) is 0 Å². The summed E-state index contributed by atoms with van der Waals surface area (Å²) in [7, 11) is -3.18. The van der Waals surface area contributed by atoms with Gasteiger partial charge in [-0.25, -0.2) is 8.42 Å². The number of rotatable bonds is 2. The predicted octanol–water partition coefficient (Wildman–Crippen LogP) is 1.91. The van der Waals surface area contributed by atoms with Crippen LogP contribution in [0.4, 0.5) is 11.4 Å².